The molecule has 0 aliphatic heterocycles. The average Bonchev–Trinajstić information content (AvgIpc) is 3.05. The Kier molecular flexibility index (Phi) is 4.70. The van der Waals surface area contributed by atoms with Crippen LogP contribution < -0.4 is 5.72 Å². The zero-order chi connectivity index (χ0) is 17.0. The molecule has 0 aliphatic rings. The smallest absolute Gasteiger partial charge is 0.241 e. The van der Waals surface area contributed by atoms with Crippen LogP contribution in [0.2, 0.25) is 0 Å². The highest BCUT2D eigenvalue weighted by atomic mass is 15.1. The molecule has 0 bridgehead atoms. The van der Waals surface area contributed by atoms with Crippen LogP contribution in [0, 0.1) is 0 Å². The predicted octanol–water partition coefficient (Wildman–Crippen LogP) is 4.17. The lowest BCUT2D eigenvalue weighted by Gasteiger charge is -2.24. The van der Waals surface area contributed by atoms with Gasteiger partial charge in [0.1, 0.15) is 0 Å². The number of hydrogen-bond donors (Lipinski definition) is 0. The number of imidazole rings is 1. The molecule has 0 aliphatic carbocycles. The highest BCUT2D eigenvalue weighted by Gasteiger charge is 2.18. The molecule has 2 aromatic carbocycles. The van der Waals surface area contributed by atoms with Crippen molar-refractivity contribution in [1.82, 2.24) is 9.55 Å². The Morgan fingerprint density at radius 2 is 1.58 bits per heavy atom. The van der Waals surface area contributed by atoms with Gasteiger partial charge in [0.05, 0.1) is 5.72 Å². The average molecular weight is 313 g/mol. The zero-order valence-corrected chi connectivity index (χ0v) is 14.5. The Hall–Kier alpha value is -2.55. The molecular formula is C21H22BN2. The van der Waals surface area contributed by atoms with E-state index in [1.165, 1.54) is 11.1 Å². The molecule has 0 atom stereocenters. The molecule has 0 spiro atoms. The zero-order valence-electron chi connectivity index (χ0n) is 14.5. The Morgan fingerprint density at radius 3 is 2.21 bits per heavy atom. The van der Waals surface area contributed by atoms with Crippen LogP contribution in [-0.2, 0) is 5.54 Å². The van der Waals surface area contributed by atoms with Crippen molar-refractivity contribution in [3.8, 4) is 0 Å². The summed E-state index contributed by atoms with van der Waals surface area (Å²) in [6, 6.07) is 20.8. The van der Waals surface area contributed by atoms with Crippen LogP contribution >= 0.6 is 0 Å². The third-order valence-electron chi connectivity index (χ3n) is 3.91. The van der Waals surface area contributed by atoms with Gasteiger partial charge in [-0.2, -0.15) is 0 Å². The van der Waals surface area contributed by atoms with Gasteiger partial charge in [0, 0.05) is 17.9 Å². The fourth-order valence-corrected chi connectivity index (χ4v) is 2.70. The standard InChI is InChI=1S/C21H22BN2/c1-21(2,3)24-15-14-23-20(24)22-19(18-12-8-5-9-13-18)16-17-10-6-4-7-11-17/h4-16H,1-3H3. The van der Waals surface area contributed by atoms with Crippen molar-refractivity contribution >= 4 is 24.6 Å². The van der Waals surface area contributed by atoms with E-state index in [4.69, 9.17) is 0 Å². The first-order valence-corrected chi connectivity index (χ1v) is 8.25. The van der Waals surface area contributed by atoms with Crippen molar-refractivity contribution in [1.29, 1.82) is 0 Å². The highest BCUT2D eigenvalue weighted by molar-refractivity contribution is 6.73. The maximum Gasteiger partial charge on any atom is 0.241 e. The third-order valence-corrected chi connectivity index (χ3v) is 3.91. The van der Waals surface area contributed by atoms with Crippen LogP contribution in [0.5, 0.6) is 0 Å². The van der Waals surface area contributed by atoms with Crippen LogP contribution in [0.4, 0.5) is 0 Å². The summed E-state index contributed by atoms with van der Waals surface area (Å²) >= 11 is 0. The third kappa shape index (κ3) is 3.86. The van der Waals surface area contributed by atoms with Gasteiger partial charge in [0.2, 0.25) is 7.28 Å². The molecule has 0 saturated heterocycles. The largest absolute Gasteiger partial charge is 0.338 e. The van der Waals surface area contributed by atoms with Gasteiger partial charge in [0.25, 0.3) is 0 Å². The first-order chi connectivity index (χ1) is 11.5. The molecule has 0 amide bonds. The molecule has 1 radical (unpaired) electrons. The number of benzene rings is 2. The van der Waals surface area contributed by atoms with Gasteiger partial charge in [-0.15, -0.1) is 0 Å². The van der Waals surface area contributed by atoms with Crippen molar-refractivity contribution in [3.05, 3.63) is 84.2 Å². The van der Waals surface area contributed by atoms with E-state index in [-0.39, 0.29) is 5.54 Å². The van der Waals surface area contributed by atoms with Crippen LogP contribution in [-0.4, -0.2) is 16.8 Å². The lowest BCUT2D eigenvalue weighted by atomic mass is 9.65. The Bertz CT molecular complexity index is 812. The number of rotatable bonds is 4. The molecule has 0 unspecified atom stereocenters. The van der Waals surface area contributed by atoms with Crippen molar-refractivity contribution in [2.24, 2.45) is 0 Å². The quantitative estimate of drug-likeness (QED) is 0.522. The number of hydrogen-bond acceptors (Lipinski definition) is 1. The SMILES string of the molecule is CC(C)(C)n1ccnc1[B]C(=Cc1ccccc1)c1ccccc1. The number of aromatic nitrogens is 2. The lowest BCUT2D eigenvalue weighted by molar-refractivity contribution is 0.406. The highest BCUT2D eigenvalue weighted by Crippen LogP contribution is 2.18. The first-order valence-electron chi connectivity index (χ1n) is 8.25. The minimum absolute atomic E-state index is 0.00310. The molecule has 119 valence electrons. The fourth-order valence-electron chi connectivity index (χ4n) is 2.70. The van der Waals surface area contributed by atoms with Crippen LogP contribution in [0.25, 0.3) is 11.5 Å². The summed E-state index contributed by atoms with van der Waals surface area (Å²) in [5.41, 5.74) is 4.48. The van der Waals surface area contributed by atoms with Crippen LogP contribution in [0.1, 0.15) is 31.9 Å². The van der Waals surface area contributed by atoms with E-state index >= 15 is 0 Å². The maximum absolute atomic E-state index is 4.56. The van der Waals surface area contributed by atoms with E-state index < -0.39 is 0 Å². The second-order valence-corrected chi connectivity index (χ2v) is 6.85. The van der Waals surface area contributed by atoms with E-state index in [1.54, 1.807) is 0 Å². The summed E-state index contributed by atoms with van der Waals surface area (Å²) in [5, 5.41) is 0. The molecule has 0 fully saturated rings. The normalized spacial score (nSPS) is 12.2. The lowest BCUT2D eigenvalue weighted by Crippen LogP contribution is -2.36. The molecule has 1 heterocycles. The van der Waals surface area contributed by atoms with Gasteiger partial charge < -0.3 is 4.57 Å². The second kappa shape index (κ2) is 6.92. The van der Waals surface area contributed by atoms with Gasteiger partial charge in [-0.1, -0.05) is 72.2 Å². The maximum atomic E-state index is 4.56. The van der Waals surface area contributed by atoms with Crippen molar-refractivity contribution in [2.45, 2.75) is 26.3 Å². The summed E-state index contributed by atoms with van der Waals surface area (Å²) in [5.74, 6) is 0. The topological polar surface area (TPSA) is 17.8 Å². The molecule has 0 N–H and O–H groups in total. The number of nitrogens with zero attached hydrogens (tertiary/aromatic N) is 2. The minimum atomic E-state index is -0.00310. The van der Waals surface area contributed by atoms with Crippen LogP contribution in [0.3, 0.4) is 0 Å². The van der Waals surface area contributed by atoms with Crippen molar-refractivity contribution in [2.75, 3.05) is 0 Å². The molecule has 24 heavy (non-hydrogen) atoms. The van der Waals surface area contributed by atoms with E-state index in [9.17, 15) is 0 Å². The summed E-state index contributed by atoms with van der Waals surface area (Å²) in [4.78, 5) is 4.56. The molecule has 1 aromatic heterocycles. The summed E-state index contributed by atoms with van der Waals surface area (Å²) in [6.45, 7) is 6.57. The van der Waals surface area contributed by atoms with E-state index in [0.717, 1.165) is 11.2 Å². The molecular weight excluding hydrogens is 291 g/mol. The van der Waals surface area contributed by atoms with Gasteiger partial charge in [0.15, 0.2) is 0 Å². The van der Waals surface area contributed by atoms with E-state index in [2.05, 4.69) is 92.2 Å². The molecule has 3 aromatic rings. The van der Waals surface area contributed by atoms with Crippen molar-refractivity contribution in [3.63, 3.8) is 0 Å². The summed E-state index contributed by atoms with van der Waals surface area (Å²) in [7, 11) is 2.16. The van der Waals surface area contributed by atoms with E-state index in [0.29, 0.717) is 0 Å². The monoisotopic (exact) mass is 313 g/mol. The summed E-state index contributed by atoms with van der Waals surface area (Å²) in [6.07, 6.45) is 6.11. The van der Waals surface area contributed by atoms with E-state index in [1.807, 2.05) is 24.5 Å². The van der Waals surface area contributed by atoms with Gasteiger partial charge in [-0.05, 0) is 31.9 Å². The first kappa shape index (κ1) is 16.3. The fraction of sp³-hybridized carbons (Fsp3) is 0.190. The Labute approximate surface area is 145 Å². The summed E-state index contributed by atoms with van der Waals surface area (Å²) < 4.78 is 2.20. The van der Waals surface area contributed by atoms with Crippen molar-refractivity contribution < 1.29 is 0 Å². The minimum Gasteiger partial charge on any atom is -0.338 e. The van der Waals surface area contributed by atoms with Gasteiger partial charge >= 0.3 is 0 Å². The van der Waals surface area contributed by atoms with Gasteiger partial charge in [-0.25, -0.2) is 0 Å². The molecule has 2 nitrogen and oxygen atoms in total. The molecule has 0 saturated carbocycles. The Morgan fingerprint density at radius 1 is 0.958 bits per heavy atom. The molecule has 3 rings (SSSR count). The molecule has 3 heteroatoms. The second-order valence-electron chi connectivity index (χ2n) is 6.85. The Balaban J connectivity index is 2.01. The van der Waals surface area contributed by atoms with Gasteiger partial charge in [-0.3, -0.25) is 4.98 Å². The predicted molar refractivity (Wildman–Crippen MR) is 103 cm³/mol. The van der Waals surface area contributed by atoms with Crippen LogP contribution in [0.15, 0.2) is 73.1 Å².